The van der Waals surface area contributed by atoms with E-state index in [1.54, 1.807) is 42.5 Å². The normalized spacial score (nSPS) is 20.9. The molecule has 0 N–H and O–H groups in total. The standard InChI is InChI=1S/C21H18ClFN4O5/c1-29-25-19(21-26-31-11-10-30-21)14-6-2-4-8-17(14)27(28)12-16(23)20(24-13-27)32-18-9-5-3-7-15(18)22/h2-9,13H,10-12H2,1H3/b25-19-. The van der Waals surface area contributed by atoms with Crippen molar-refractivity contribution in [3.8, 4) is 5.75 Å². The summed E-state index contributed by atoms with van der Waals surface area (Å²) in [5.41, 5.74) is 0.603. The number of benzene rings is 2. The summed E-state index contributed by atoms with van der Waals surface area (Å²) in [5.74, 6) is -0.897. The van der Waals surface area contributed by atoms with Gasteiger partial charge in [0.25, 0.3) is 11.8 Å². The molecule has 1 atom stereocenters. The van der Waals surface area contributed by atoms with E-state index in [4.69, 9.17) is 30.7 Å². The molecule has 4 rings (SSSR count). The number of hydroxylamine groups is 2. The second kappa shape index (κ2) is 9.35. The number of halogens is 2. The van der Waals surface area contributed by atoms with Gasteiger partial charge in [0.2, 0.25) is 5.83 Å². The largest absolute Gasteiger partial charge is 0.621 e. The summed E-state index contributed by atoms with van der Waals surface area (Å²) in [6.07, 6.45) is 1.04. The van der Waals surface area contributed by atoms with Crippen LogP contribution in [0.4, 0.5) is 10.1 Å². The van der Waals surface area contributed by atoms with Crippen LogP contribution in [-0.4, -0.2) is 44.8 Å². The predicted octanol–water partition coefficient (Wildman–Crippen LogP) is 4.12. The first-order valence-corrected chi connectivity index (χ1v) is 9.89. The molecule has 1 unspecified atom stereocenters. The third-order valence-corrected chi connectivity index (χ3v) is 4.84. The summed E-state index contributed by atoms with van der Waals surface area (Å²) >= 11 is 6.06. The number of quaternary nitrogens is 1. The lowest BCUT2D eigenvalue weighted by atomic mass is 10.1. The van der Waals surface area contributed by atoms with Crippen LogP contribution in [-0.2, 0) is 14.4 Å². The van der Waals surface area contributed by atoms with E-state index in [-0.39, 0.29) is 47.2 Å². The number of hydrogen-bond donors (Lipinski definition) is 0. The zero-order valence-electron chi connectivity index (χ0n) is 16.9. The molecule has 166 valence electrons. The molecule has 32 heavy (non-hydrogen) atoms. The quantitative estimate of drug-likeness (QED) is 0.279. The van der Waals surface area contributed by atoms with Gasteiger partial charge in [-0.25, -0.2) is 0 Å². The Morgan fingerprint density at radius 2 is 1.97 bits per heavy atom. The second-order valence-electron chi connectivity index (χ2n) is 6.66. The second-order valence-corrected chi connectivity index (χ2v) is 7.07. The van der Waals surface area contributed by atoms with Crippen molar-refractivity contribution in [2.24, 2.45) is 15.3 Å². The van der Waals surface area contributed by atoms with Crippen molar-refractivity contribution in [3.63, 3.8) is 0 Å². The van der Waals surface area contributed by atoms with Crippen molar-refractivity contribution in [2.45, 2.75) is 0 Å². The Morgan fingerprint density at radius 1 is 1.19 bits per heavy atom. The first-order chi connectivity index (χ1) is 15.5. The van der Waals surface area contributed by atoms with Gasteiger partial charge in [-0.1, -0.05) is 41.0 Å². The minimum absolute atomic E-state index is 0.0462. The molecule has 0 saturated carbocycles. The minimum Gasteiger partial charge on any atom is -0.621 e. The monoisotopic (exact) mass is 460 g/mol. The molecule has 2 aromatic carbocycles. The summed E-state index contributed by atoms with van der Waals surface area (Å²) in [7, 11) is 1.34. The molecule has 0 amide bonds. The molecule has 2 aliphatic heterocycles. The maximum atomic E-state index is 14.9. The third kappa shape index (κ3) is 4.42. The molecular weight excluding hydrogens is 443 g/mol. The van der Waals surface area contributed by atoms with Gasteiger partial charge in [-0.2, -0.15) is 9.38 Å². The lowest BCUT2D eigenvalue weighted by molar-refractivity contribution is 0.0672. The van der Waals surface area contributed by atoms with Crippen LogP contribution in [0.3, 0.4) is 0 Å². The fourth-order valence-corrected chi connectivity index (χ4v) is 3.28. The van der Waals surface area contributed by atoms with Gasteiger partial charge in [-0.15, -0.1) is 0 Å². The highest BCUT2D eigenvalue weighted by atomic mass is 35.5. The van der Waals surface area contributed by atoms with Crippen LogP contribution in [0.15, 0.2) is 75.5 Å². The number of hydrogen-bond acceptors (Lipinski definition) is 8. The van der Waals surface area contributed by atoms with Gasteiger partial charge in [0.05, 0.1) is 10.6 Å². The number of aliphatic imine (C=N–C) groups is 1. The fourth-order valence-electron chi connectivity index (χ4n) is 3.11. The molecule has 0 spiro atoms. The molecule has 0 fully saturated rings. The van der Waals surface area contributed by atoms with Crippen molar-refractivity contribution in [3.05, 3.63) is 76.0 Å². The van der Waals surface area contributed by atoms with Crippen LogP contribution < -0.4 is 9.38 Å². The molecule has 9 nitrogen and oxygen atoms in total. The number of ether oxygens (including phenoxy) is 2. The zero-order valence-corrected chi connectivity index (χ0v) is 17.7. The van der Waals surface area contributed by atoms with E-state index in [1.807, 2.05) is 0 Å². The van der Waals surface area contributed by atoms with Crippen LogP contribution in [0.1, 0.15) is 5.56 Å². The molecule has 2 aromatic rings. The lowest BCUT2D eigenvalue weighted by Gasteiger charge is -2.39. The van der Waals surface area contributed by atoms with Crippen molar-refractivity contribution in [1.82, 2.24) is 4.65 Å². The maximum Gasteiger partial charge on any atom is 0.280 e. The van der Waals surface area contributed by atoms with Gasteiger partial charge in [-0.3, -0.25) is 4.65 Å². The SMILES string of the molecule is CO/N=C(\C1=NOCCO1)c1ccccc1[N+]1([O-])C=NC(Oc2ccccc2Cl)=C(F)C1. The van der Waals surface area contributed by atoms with Crippen molar-refractivity contribution >= 4 is 35.2 Å². The van der Waals surface area contributed by atoms with E-state index in [2.05, 4.69) is 15.3 Å². The fraction of sp³-hybridized carbons (Fsp3) is 0.190. The molecular formula is C21H18ClFN4O5. The Hall–Kier alpha value is -3.47. The smallest absolute Gasteiger partial charge is 0.280 e. The Morgan fingerprint density at radius 3 is 2.69 bits per heavy atom. The van der Waals surface area contributed by atoms with Gasteiger partial charge in [0, 0.05) is 6.07 Å². The van der Waals surface area contributed by atoms with Crippen LogP contribution in [0.25, 0.3) is 0 Å². The predicted molar refractivity (Wildman–Crippen MR) is 118 cm³/mol. The molecule has 0 bridgehead atoms. The van der Waals surface area contributed by atoms with E-state index in [0.717, 1.165) is 6.34 Å². The highest BCUT2D eigenvalue weighted by Gasteiger charge is 2.34. The number of rotatable bonds is 6. The molecule has 2 heterocycles. The molecule has 0 radical (unpaired) electrons. The third-order valence-electron chi connectivity index (χ3n) is 4.52. The van der Waals surface area contributed by atoms with Gasteiger partial charge < -0.3 is 24.4 Å². The molecule has 2 aliphatic rings. The summed E-state index contributed by atoms with van der Waals surface area (Å²) < 4.78 is 24.7. The Balaban J connectivity index is 1.67. The number of para-hydroxylation sites is 2. The van der Waals surface area contributed by atoms with E-state index in [0.29, 0.717) is 5.56 Å². The average molecular weight is 461 g/mol. The van der Waals surface area contributed by atoms with E-state index in [1.165, 1.54) is 13.2 Å². The molecule has 11 heteroatoms. The number of nitrogens with zero attached hydrogens (tertiary/aromatic N) is 4. The van der Waals surface area contributed by atoms with Crippen LogP contribution in [0.2, 0.25) is 5.02 Å². The van der Waals surface area contributed by atoms with Gasteiger partial charge in [-0.05, 0) is 23.4 Å². The highest BCUT2D eigenvalue weighted by molar-refractivity contribution is 6.46. The van der Waals surface area contributed by atoms with E-state index in [9.17, 15) is 9.60 Å². The number of oxime groups is 2. The van der Waals surface area contributed by atoms with Crippen LogP contribution >= 0.6 is 11.6 Å². The average Bonchev–Trinajstić information content (AvgIpc) is 2.81. The Bertz CT molecular complexity index is 1140. The van der Waals surface area contributed by atoms with E-state index < -0.39 is 17.0 Å². The highest BCUT2D eigenvalue weighted by Crippen LogP contribution is 2.33. The van der Waals surface area contributed by atoms with E-state index >= 15 is 0 Å². The van der Waals surface area contributed by atoms with Crippen LogP contribution in [0.5, 0.6) is 5.75 Å². The zero-order chi connectivity index (χ0) is 22.6. The molecule has 0 aromatic heterocycles. The first kappa shape index (κ1) is 21.8. The summed E-state index contributed by atoms with van der Waals surface area (Å²) in [6.45, 7) is -0.0586. The molecule has 0 aliphatic carbocycles. The van der Waals surface area contributed by atoms with Crippen molar-refractivity contribution in [1.29, 1.82) is 0 Å². The maximum absolute atomic E-state index is 14.9. The summed E-state index contributed by atoms with van der Waals surface area (Å²) in [6, 6.07) is 13.1. The first-order valence-electron chi connectivity index (χ1n) is 9.51. The topological polar surface area (TPSA) is 97.1 Å². The Labute approximate surface area is 187 Å². The van der Waals surface area contributed by atoms with Crippen molar-refractivity contribution in [2.75, 3.05) is 26.9 Å². The van der Waals surface area contributed by atoms with Crippen molar-refractivity contribution < 1.29 is 23.5 Å². The van der Waals surface area contributed by atoms with Gasteiger partial charge in [0.1, 0.15) is 31.7 Å². The summed E-state index contributed by atoms with van der Waals surface area (Å²) in [5, 5.41) is 21.7. The summed E-state index contributed by atoms with van der Waals surface area (Å²) in [4.78, 5) is 13.9. The minimum atomic E-state index is -1.24. The van der Waals surface area contributed by atoms with Crippen LogP contribution in [0, 0.1) is 5.21 Å². The lowest BCUT2D eigenvalue weighted by Crippen LogP contribution is -2.46. The van der Waals surface area contributed by atoms with Gasteiger partial charge >= 0.3 is 0 Å². The van der Waals surface area contributed by atoms with Gasteiger partial charge in [0.15, 0.2) is 18.7 Å². The molecule has 0 saturated heterocycles. The Kier molecular flexibility index (Phi) is 6.35.